The number of nitrogens with zero attached hydrogens (tertiary/aromatic N) is 4. The lowest BCUT2D eigenvalue weighted by molar-refractivity contribution is -0.142. The van der Waals surface area contributed by atoms with Crippen molar-refractivity contribution in [3.8, 4) is 0 Å². The minimum atomic E-state index is -0.844. The Bertz CT molecular complexity index is 1160. The number of hydrogen-bond donors (Lipinski definition) is 0. The molecule has 1 aromatic heterocycles. The summed E-state index contributed by atoms with van der Waals surface area (Å²) in [7, 11) is 0. The highest BCUT2D eigenvalue weighted by molar-refractivity contribution is 8.15. The summed E-state index contributed by atoms with van der Waals surface area (Å²) < 4.78 is 39.1. The average Bonchev–Trinajstić information content (AvgIpc) is 3.41. The average molecular weight is 458 g/mol. The van der Waals surface area contributed by atoms with Gasteiger partial charge in [0.05, 0.1) is 6.61 Å². The molecule has 1 aliphatic rings. The van der Waals surface area contributed by atoms with Crippen LogP contribution in [0.5, 0.6) is 0 Å². The van der Waals surface area contributed by atoms with Gasteiger partial charge in [-0.15, -0.1) is 5.10 Å². The fourth-order valence-electron chi connectivity index (χ4n) is 3.41. The summed E-state index contributed by atoms with van der Waals surface area (Å²) in [5.74, 6) is -1.58. The maximum absolute atomic E-state index is 14.5. The Morgan fingerprint density at radius 1 is 1.16 bits per heavy atom. The molecule has 0 N–H and O–H groups in total. The van der Waals surface area contributed by atoms with E-state index < -0.39 is 22.5 Å². The lowest BCUT2D eigenvalue weighted by atomic mass is 10.0. The molecule has 1 aliphatic heterocycles. The molecular formula is C22H20F2N4O3S. The number of anilines is 1. The van der Waals surface area contributed by atoms with E-state index in [4.69, 9.17) is 9.15 Å². The number of hydrazone groups is 1. The van der Waals surface area contributed by atoms with Gasteiger partial charge in [0.2, 0.25) is 5.89 Å². The fourth-order valence-corrected chi connectivity index (χ4v) is 4.72. The van der Waals surface area contributed by atoms with Crippen molar-refractivity contribution >= 4 is 28.8 Å². The minimum absolute atomic E-state index is 0.0364. The van der Waals surface area contributed by atoms with Gasteiger partial charge in [-0.05, 0) is 37.1 Å². The lowest BCUT2D eigenvalue weighted by Gasteiger charge is -2.33. The molecule has 0 saturated heterocycles. The molecule has 0 saturated carbocycles. The van der Waals surface area contributed by atoms with Crippen LogP contribution in [0.15, 0.2) is 58.0 Å². The number of rotatable bonds is 7. The summed E-state index contributed by atoms with van der Waals surface area (Å²) in [5.41, 5.74) is 0.908. The molecular weight excluding hydrogens is 438 g/mol. The van der Waals surface area contributed by atoms with Crippen molar-refractivity contribution in [2.24, 2.45) is 5.10 Å². The molecule has 0 radical (unpaired) electrons. The first kappa shape index (κ1) is 21.9. The van der Waals surface area contributed by atoms with Crippen LogP contribution in [0.3, 0.4) is 0 Å². The van der Waals surface area contributed by atoms with Crippen LogP contribution in [0.4, 0.5) is 14.8 Å². The molecule has 1 unspecified atom stereocenters. The van der Waals surface area contributed by atoms with Crippen molar-refractivity contribution in [2.45, 2.75) is 31.6 Å². The van der Waals surface area contributed by atoms with Gasteiger partial charge in [0.1, 0.15) is 28.0 Å². The quantitative estimate of drug-likeness (QED) is 0.478. The Morgan fingerprint density at radius 2 is 1.94 bits per heavy atom. The van der Waals surface area contributed by atoms with Crippen molar-refractivity contribution < 1.29 is 22.7 Å². The van der Waals surface area contributed by atoms with E-state index >= 15 is 0 Å². The van der Waals surface area contributed by atoms with Crippen LogP contribution in [0.2, 0.25) is 0 Å². The second-order valence-corrected chi connectivity index (χ2v) is 8.17. The van der Waals surface area contributed by atoms with Crippen molar-refractivity contribution in [3.63, 3.8) is 0 Å². The van der Waals surface area contributed by atoms with E-state index in [-0.39, 0.29) is 35.5 Å². The summed E-state index contributed by atoms with van der Waals surface area (Å²) >= 11 is 1.27. The summed E-state index contributed by atoms with van der Waals surface area (Å²) in [6, 6.07) is 12.7. The number of ether oxygens (including phenoxy) is 1. The van der Waals surface area contributed by atoms with E-state index in [0.29, 0.717) is 6.42 Å². The van der Waals surface area contributed by atoms with Gasteiger partial charge in [0.25, 0.3) is 0 Å². The highest BCUT2D eigenvalue weighted by Gasteiger charge is 2.47. The van der Waals surface area contributed by atoms with Gasteiger partial charge in [0, 0.05) is 5.56 Å². The van der Waals surface area contributed by atoms with E-state index in [2.05, 4.69) is 15.3 Å². The zero-order valence-electron chi connectivity index (χ0n) is 17.4. The first-order valence-corrected chi connectivity index (χ1v) is 10.8. The second-order valence-electron chi connectivity index (χ2n) is 6.91. The summed E-state index contributed by atoms with van der Waals surface area (Å²) in [6.07, 6.45) is 0.350. The van der Waals surface area contributed by atoms with Crippen LogP contribution in [0.25, 0.3) is 0 Å². The van der Waals surface area contributed by atoms with E-state index in [1.807, 2.05) is 37.3 Å². The highest BCUT2D eigenvalue weighted by atomic mass is 32.2. The predicted octanol–water partition coefficient (Wildman–Crippen LogP) is 4.63. The number of aromatic nitrogens is 2. The molecule has 4 rings (SSSR count). The van der Waals surface area contributed by atoms with E-state index in [0.717, 1.165) is 23.8 Å². The van der Waals surface area contributed by atoms with Crippen LogP contribution >= 0.6 is 11.8 Å². The van der Waals surface area contributed by atoms with E-state index in [1.165, 1.54) is 16.8 Å². The minimum Gasteiger partial charge on any atom is -0.466 e. The standard InChI is InChI=1S/C22H20F2N4O3S/c1-3-22(14-8-6-5-7-9-14)28(21-26-25-18(31-21)13-19(29)30-4-2)27-20(32-22)16-12-15(23)10-11-17(16)24/h5-12H,3-4,13H2,1-2H3. The Labute approximate surface area is 187 Å². The number of carbonyl (C=O) groups excluding carboxylic acids is 1. The van der Waals surface area contributed by atoms with E-state index in [1.54, 1.807) is 6.92 Å². The third-order valence-corrected chi connectivity index (χ3v) is 6.43. The first-order valence-electron chi connectivity index (χ1n) is 10.0. The Kier molecular flexibility index (Phi) is 6.22. The molecule has 166 valence electrons. The van der Waals surface area contributed by atoms with Crippen molar-refractivity contribution in [1.29, 1.82) is 0 Å². The van der Waals surface area contributed by atoms with Gasteiger partial charge in [-0.25, -0.2) is 8.78 Å². The molecule has 0 bridgehead atoms. The Hall–Kier alpha value is -3.27. The Morgan fingerprint density at radius 3 is 2.66 bits per heavy atom. The largest absolute Gasteiger partial charge is 0.466 e. The molecule has 0 spiro atoms. The number of benzene rings is 2. The SMILES string of the molecule is CCOC(=O)Cc1nnc(N2N=C(c3cc(F)ccc3F)SC2(CC)c2ccccc2)o1. The normalized spacial score (nSPS) is 18.0. The summed E-state index contributed by atoms with van der Waals surface area (Å²) in [6.45, 7) is 3.89. The molecule has 1 atom stereocenters. The van der Waals surface area contributed by atoms with Gasteiger partial charge in [-0.3, -0.25) is 4.79 Å². The van der Waals surface area contributed by atoms with Gasteiger partial charge in [0.15, 0.2) is 0 Å². The second kappa shape index (κ2) is 9.07. The van der Waals surface area contributed by atoms with Gasteiger partial charge in [-0.1, -0.05) is 54.1 Å². The van der Waals surface area contributed by atoms with Crippen LogP contribution < -0.4 is 5.01 Å². The molecule has 0 fully saturated rings. The number of thioether (sulfide) groups is 1. The monoisotopic (exact) mass is 458 g/mol. The number of carbonyl (C=O) groups is 1. The van der Waals surface area contributed by atoms with Crippen LogP contribution in [0, 0.1) is 11.6 Å². The lowest BCUT2D eigenvalue weighted by Crippen LogP contribution is -2.37. The third-order valence-electron chi connectivity index (χ3n) is 4.90. The van der Waals surface area contributed by atoms with Crippen molar-refractivity contribution in [2.75, 3.05) is 11.6 Å². The number of esters is 1. The van der Waals surface area contributed by atoms with E-state index in [9.17, 15) is 13.6 Å². The molecule has 3 aromatic rings. The number of hydrogen-bond acceptors (Lipinski definition) is 8. The molecule has 0 aliphatic carbocycles. The number of halogens is 2. The molecule has 0 amide bonds. The van der Waals surface area contributed by atoms with Crippen LogP contribution in [0.1, 0.15) is 37.3 Å². The van der Waals surface area contributed by atoms with Crippen LogP contribution in [-0.2, 0) is 20.8 Å². The third kappa shape index (κ3) is 4.10. The molecule has 2 aromatic carbocycles. The summed E-state index contributed by atoms with van der Waals surface area (Å²) in [5, 5.41) is 14.3. The zero-order valence-corrected chi connectivity index (χ0v) is 18.2. The van der Waals surface area contributed by atoms with Gasteiger partial charge < -0.3 is 9.15 Å². The Balaban J connectivity index is 1.78. The maximum atomic E-state index is 14.5. The maximum Gasteiger partial charge on any atom is 0.340 e. The molecule has 32 heavy (non-hydrogen) atoms. The molecule has 10 heteroatoms. The summed E-state index contributed by atoms with van der Waals surface area (Å²) in [4.78, 5) is 10.9. The molecule has 7 nitrogen and oxygen atoms in total. The van der Waals surface area contributed by atoms with Crippen LogP contribution in [-0.4, -0.2) is 27.8 Å². The van der Waals surface area contributed by atoms with Gasteiger partial charge >= 0.3 is 12.0 Å². The fraction of sp³-hybridized carbons (Fsp3) is 0.273. The van der Waals surface area contributed by atoms with Crippen molar-refractivity contribution in [1.82, 2.24) is 10.2 Å². The topological polar surface area (TPSA) is 80.8 Å². The van der Waals surface area contributed by atoms with Gasteiger partial charge in [-0.2, -0.15) is 10.1 Å². The smallest absolute Gasteiger partial charge is 0.340 e. The first-order chi connectivity index (χ1) is 15.5. The predicted molar refractivity (Wildman–Crippen MR) is 116 cm³/mol. The molecule has 2 heterocycles. The van der Waals surface area contributed by atoms with Crippen molar-refractivity contribution in [3.05, 3.63) is 77.2 Å². The zero-order chi connectivity index (χ0) is 22.7. The highest BCUT2D eigenvalue weighted by Crippen LogP contribution is 2.51.